The van der Waals surface area contributed by atoms with Crippen molar-refractivity contribution in [3.63, 3.8) is 0 Å². The molecule has 0 saturated carbocycles. The van der Waals surface area contributed by atoms with Crippen molar-refractivity contribution in [2.75, 3.05) is 7.05 Å². The van der Waals surface area contributed by atoms with Crippen LogP contribution in [0.25, 0.3) is 0 Å². The number of nitrogens with zero attached hydrogens (tertiary/aromatic N) is 1. The molecule has 0 unspecified atom stereocenters. The smallest absolute Gasteiger partial charge is 0.266 e. The van der Waals surface area contributed by atoms with Gasteiger partial charge in [0, 0.05) is 7.05 Å². The number of aryl methyl sites for hydroxylation is 1. The molecular formula is C13H15NO3S. The molecule has 1 amide bonds. The van der Waals surface area contributed by atoms with Crippen molar-refractivity contribution in [3.8, 4) is 0 Å². The van der Waals surface area contributed by atoms with Crippen LogP contribution in [0.4, 0.5) is 0 Å². The zero-order valence-corrected chi connectivity index (χ0v) is 11.1. The number of hydrogen-bond donors (Lipinski definition) is 0. The maximum atomic E-state index is 12.4. The van der Waals surface area contributed by atoms with Gasteiger partial charge in [-0.25, -0.2) is 12.7 Å². The Morgan fingerprint density at radius 3 is 2.56 bits per heavy atom. The highest BCUT2D eigenvalue weighted by Crippen LogP contribution is 2.34. The van der Waals surface area contributed by atoms with Crippen LogP contribution < -0.4 is 0 Å². The lowest BCUT2D eigenvalue weighted by Gasteiger charge is -2.29. The maximum Gasteiger partial charge on any atom is 0.266 e. The molecule has 0 spiro atoms. The number of rotatable bonds is 0. The molecule has 1 aliphatic heterocycles. The summed E-state index contributed by atoms with van der Waals surface area (Å²) in [5.74, 6) is -0.349. The molecule has 0 atom stereocenters. The van der Waals surface area contributed by atoms with Crippen molar-refractivity contribution in [2.45, 2.75) is 37.0 Å². The summed E-state index contributed by atoms with van der Waals surface area (Å²) in [5.41, 5.74) is 2.74. The highest BCUT2D eigenvalue weighted by atomic mass is 32.2. The van der Waals surface area contributed by atoms with E-state index in [9.17, 15) is 13.2 Å². The predicted molar refractivity (Wildman–Crippen MR) is 66.7 cm³/mol. The number of carbonyl (C=O) groups is 1. The van der Waals surface area contributed by atoms with Crippen LogP contribution in [0.15, 0.2) is 17.0 Å². The molecule has 0 bridgehead atoms. The normalized spacial score (nSPS) is 21.4. The summed E-state index contributed by atoms with van der Waals surface area (Å²) in [6.45, 7) is 0. The average Bonchev–Trinajstić information content (AvgIpc) is 2.35. The third-order valence-corrected chi connectivity index (χ3v) is 5.82. The number of amides is 1. The molecule has 5 heteroatoms. The molecule has 18 heavy (non-hydrogen) atoms. The lowest BCUT2D eigenvalue weighted by molar-refractivity contribution is -0.125. The molecule has 0 saturated heterocycles. The Morgan fingerprint density at radius 2 is 1.78 bits per heavy atom. The van der Waals surface area contributed by atoms with Crippen molar-refractivity contribution in [2.24, 2.45) is 0 Å². The summed E-state index contributed by atoms with van der Waals surface area (Å²) in [5, 5.41) is 0. The van der Waals surface area contributed by atoms with Gasteiger partial charge < -0.3 is 0 Å². The molecule has 4 nitrogen and oxygen atoms in total. The van der Waals surface area contributed by atoms with Crippen molar-refractivity contribution >= 4 is 15.9 Å². The molecule has 0 aromatic heterocycles. The first-order valence-corrected chi connectivity index (χ1v) is 7.61. The summed E-state index contributed by atoms with van der Waals surface area (Å²) in [4.78, 5) is 12.1. The first kappa shape index (κ1) is 11.7. The molecular weight excluding hydrogens is 250 g/mol. The molecule has 96 valence electrons. The second-order valence-corrected chi connectivity index (χ2v) is 6.85. The molecule has 1 aliphatic carbocycles. The molecule has 1 heterocycles. The van der Waals surface area contributed by atoms with E-state index in [4.69, 9.17) is 0 Å². The quantitative estimate of drug-likeness (QED) is 0.710. The topological polar surface area (TPSA) is 54.5 Å². The van der Waals surface area contributed by atoms with Crippen LogP contribution in [-0.4, -0.2) is 25.7 Å². The SMILES string of the molecule is CN1C(=O)Cc2ccc3c(c2S1(=O)=O)CCCC3. The molecule has 1 aromatic carbocycles. The predicted octanol–water partition coefficient (Wildman–Crippen LogP) is 1.27. The summed E-state index contributed by atoms with van der Waals surface area (Å²) in [7, 11) is -2.28. The van der Waals surface area contributed by atoms with Gasteiger partial charge >= 0.3 is 0 Å². The fraction of sp³-hybridized carbons (Fsp3) is 0.462. The Labute approximate surface area is 107 Å². The number of benzene rings is 1. The number of likely N-dealkylation sites (N-methyl/N-ethyl adjacent to an activating group) is 1. The second kappa shape index (κ2) is 3.82. The fourth-order valence-corrected chi connectivity index (χ4v) is 4.47. The lowest BCUT2D eigenvalue weighted by Crippen LogP contribution is -2.40. The first-order chi connectivity index (χ1) is 8.51. The van der Waals surface area contributed by atoms with Crippen LogP contribution >= 0.6 is 0 Å². The Hall–Kier alpha value is -1.36. The van der Waals surface area contributed by atoms with E-state index in [1.807, 2.05) is 12.1 Å². The van der Waals surface area contributed by atoms with E-state index in [1.165, 1.54) is 7.05 Å². The Balaban J connectivity index is 2.31. The summed E-state index contributed by atoms with van der Waals surface area (Å²) in [6, 6.07) is 3.80. The molecule has 0 fully saturated rings. The van der Waals surface area contributed by atoms with Gasteiger partial charge in [-0.1, -0.05) is 12.1 Å². The van der Waals surface area contributed by atoms with E-state index in [2.05, 4.69) is 0 Å². The van der Waals surface area contributed by atoms with Gasteiger partial charge in [-0.3, -0.25) is 4.79 Å². The third-order valence-electron chi connectivity index (χ3n) is 3.87. The minimum atomic E-state index is -3.63. The highest BCUT2D eigenvalue weighted by molar-refractivity contribution is 7.89. The van der Waals surface area contributed by atoms with Crippen LogP contribution in [0.5, 0.6) is 0 Å². The largest absolute Gasteiger partial charge is 0.273 e. The molecule has 1 aromatic rings. The van der Waals surface area contributed by atoms with E-state index in [0.29, 0.717) is 10.5 Å². The second-order valence-electron chi connectivity index (χ2n) is 4.94. The maximum absolute atomic E-state index is 12.4. The van der Waals surface area contributed by atoms with Gasteiger partial charge in [0.2, 0.25) is 5.91 Å². The van der Waals surface area contributed by atoms with Gasteiger partial charge in [-0.05, 0) is 42.4 Å². The zero-order valence-electron chi connectivity index (χ0n) is 10.3. The minimum absolute atomic E-state index is 0.193. The van der Waals surface area contributed by atoms with Crippen molar-refractivity contribution < 1.29 is 13.2 Å². The monoisotopic (exact) mass is 265 g/mol. The van der Waals surface area contributed by atoms with Gasteiger partial charge in [-0.15, -0.1) is 0 Å². The van der Waals surface area contributed by atoms with Crippen molar-refractivity contribution in [1.29, 1.82) is 0 Å². The number of carbonyl (C=O) groups excluding carboxylic acids is 1. The van der Waals surface area contributed by atoms with Gasteiger partial charge in [0.15, 0.2) is 0 Å². The zero-order chi connectivity index (χ0) is 12.9. The molecule has 0 radical (unpaired) electrons. The summed E-state index contributed by atoms with van der Waals surface area (Å²) >= 11 is 0. The first-order valence-electron chi connectivity index (χ1n) is 6.17. The van der Waals surface area contributed by atoms with Crippen molar-refractivity contribution in [1.82, 2.24) is 4.31 Å². The average molecular weight is 265 g/mol. The number of hydrogen-bond acceptors (Lipinski definition) is 3. The van der Waals surface area contributed by atoms with Crippen LogP contribution in [0.1, 0.15) is 29.5 Å². The Bertz CT molecular complexity index is 634. The number of sulfonamides is 1. The highest BCUT2D eigenvalue weighted by Gasteiger charge is 2.36. The molecule has 3 rings (SSSR count). The van der Waals surface area contributed by atoms with Crippen molar-refractivity contribution in [3.05, 3.63) is 28.8 Å². The minimum Gasteiger partial charge on any atom is -0.273 e. The van der Waals surface area contributed by atoms with Gasteiger partial charge in [0.05, 0.1) is 11.3 Å². The van der Waals surface area contributed by atoms with Crippen LogP contribution in [0, 0.1) is 0 Å². The lowest BCUT2D eigenvalue weighted by atomic mass is 9.89. The van der Waals surface area contributed by atoms with Gasteiger partial charge in [0.25, 0.3) is 10.0 Å². The van der Waals surface area contributed by atoms with E-state index in [-0.39, 0.29) is 12.3 Å². The van der Waals surface area contributed by atoms with Crippen LogP contribution in [0.3, 0.4) is 0 Å². The van der Waals surface area contributed by atoms with Crippen LogP contribution in [0.2, 0.25) is 0 Å². The van der Waals surface area contributed by atoms with E-state index in [1.54, 1.807) is 0 Å². The summed E-state index contributed by atoms with van der Waals surface area (Å²) in [6.07, 6.45) is 4.07. The molecule has 2 aliphatic rings. The van der Waals surface area contributed by atoms with Gasteiger partial charge in [0.1, 0.15) is 0 Å². The van der Waals surface area contributed by atoms with E-state index in [0.717, 1.165) is 41.1 Å². The van der Waals surface area contributed by atoms with Gasteiger partial charge in [-0.2, -0.15) is 0 Å². The fourth-order valence-electron chi connectivity index (χ4n) is 2.85. The van der Waals surface area contributed by atoms with E-state index < -0.39 is 10.0 Å². The summed E-state index contributed by atoms with van der Waals surface area (Å²) < 4.78 is 25.7. The van der Waals surface area contributed by atoms with E-state index >= 15 is 0 Å². The Morgan fingerprint density at radius 1 is 1.11 bits per heavy atom. The number of fused-ring (bicyclic) bond motifs is 3. The standard InChI is InChI=1S/C13H15NO3S/c1-14-12(15)8-10-7-6-9-4-2-3-5-11(9)13(10)18(14,16)17/h6-7H,2-5,8H2,1H3. The third kappa shape index (κ3) is 1.50. The molecule has 0 N–H and O–H groups in total. The Kier molecular flexibility index (Phi) is 2.48. The van der Waals surface area contributed by atoms with Crippen LogP contribution in [-0.2, 0) is 34.1 Å².